The molecule has 1 N–H and O–H groups in total. The predicted molar refractivity (Wildman–Crippen MR) is 61.7 cm³/mol. The first-order valence-corrected chi connectivity index (χ1v) is 5.97. The third kappa shape index (κ3) is 1.52. The number of carbonyl (C=O) groups is 1. The molecular weight excluding hydrogens is 200 g/mol. The summed E-state index contributed by atoms with van der Waals surface area (Å²) >= 11 is 0. The summed E-state index contributed by atoms with van der Waals surface area (Å²) in [5, 5.41) is 3.10. The number of amides is 1. The van der Waals surface area contributed by atoms with Crippen molar-refractivity contribution in [2.24, 2.45) is 0 Å². The molecule has 2 unspecified atom stereocenters. The van der Waals surface area contributed by atoms with Crippen LogP contribution in [0.25, 0.3) is 0 Å². The minimum absolute atomic E-state index is 0.0963. The van der Waals surface area contributed by atoms with Gasteiger partial charge in [0.1, 0.15) is 6.17 Å². The quantitative estimate of drug-likeness (QED) is 0.774. The summed E-state index contributed by atoms with van der Waals surface area (Å²) in [5.74, 6) is 0.202. The zero-order valence-corrected chi connectivity index (χ0v) is 9.23. The molecule has 0 aromatic heterocycles. The van der Waals surface area contributed by atoms with E-state index in [1.165, 1.54) is 18.4 Å². The Morgan fingerprint density at radius 2 is 2.00 bits per heavy atom. The van der Waals surface area contributed by atoms with Crippen molar-refractivity contribution < 1.29 is 4.79 Å². The lowest BCUT2D eigenvalue weighted by Crippen LogP contribution is -2.38. The standard InChI is InChI=1S/C13H16N2O/c16-13-11-8-4-5-9-15(11)12(14-13)10-6-2-1-3-7-10/h1-3,6-7,11-12H,4-5,8-9H2,(H,14,16). The van der Waals surface area contributed by atoms with Gasteiger partial charge in [-0.2, -0.15) is 0 Å². The third-order valence-electron chi connectivity index (χ3n) is 3.57. The summed E-state index contributed by atoms with van der Waals surface area (Å²) in [5.41, 5.74) is 1.19. The molecule has 3 heteroatoms. The maximum Gasteiger partial charge on any atom is 0.238 e. The van der Waals surface area contributed by atoms with Crippen molar-refractivity contribution in [3.05, 3.63) is 35.9 Å². The fourth-order valence-electron chi connectivity index (χ4n) is 2.77. The first-order chi connectivity index (χ1) is 7.86. The summed E-state index contributed by atoms with van der Waals surface area (Å²) in [6, 6.07) is 10.3. The van der Waals surface area contributed by atoms with Crippen molar-refractivity contribution >= 4 is 5.91 Å². The van der Waals surface area contributed by atoms with Crippen LogP contribution in [0.15, 0.2) is 30.3 Å². The Balaban J connectivity index is 1.89. The normalized spacial score (nSPS) is 29.9. The first-order valence-electron chi connectivity index (χ1n) is 5.97. The molecule has 0 aliphatic carbocycles. The van der Waals surface area contributed by atoms with E-state index in [2.05, 4.69) is 22.3 Å². The second-order valence-electron chi connectivity index (χ2n) is 4.57. The van der Waals surface area contributed by atoms with Crippen LogP contribution in [0.3, 0.4) is 0 Å². The van der Waals surface area contributed by atoms with Crippen LogP contribution < -0.4 is 5.32 Å². The molecule has 1 aromatic rings. The van der Waals surface area contributed by atoms with E-state index in [0.29, 0.717) is 0 Å². The Hall–Kier alpha value is -1.35. The fraction of sp³-hybridized carbons (Fsp3) is 0.462. The average Bonchev–Trinajstić information content (AvgIpc) is 2.69. The number of nitrogens with zero attached hydrogens (tertiary/aromatic N) is 1. The molecule has 2 fully saturated rings. The van der Waals surface area contributed by atoms with Gasteiger partial charge in [0.15, 0.2) is 0 Å². The molecule has 16 heavy (non-hydrogen) atoms. The van der Waals surface area contributed by atoms with E-state index in [9.17, 15) is 4.79 Å². The van der Waals surface area contributed by atoms with Gasteiger partial charge in [-0.15, -0.1) is 0 Å². The van der Waals surface area contributed by atoms with Crippen molar-refractivity contribution in [3.8, 4) is 0 Å². The molecule has 3 rings (SSSR count). The summed E-state index contributed by atoms with van der Waals surface area (Å²) < 4.78 is 0. The molecular formula is C13H16N2O. The van der Waals surface area contributed by atoms with Crippen LogP contribution in [-0.4, -0.2) is 23.4 Å². The minimum Gasteiger partial charge on any atom is -0.335 e. The summed E-state index contributed by atoms with van der Waals surface area (Å²) in [4.78, 5) is 14.1. The van der Waals surface area contributed by atoms with Gasteiger partial charge >= 0.3 is 0 Å². The zero-order valence-electron chi connectivity index (χ0n) is 9.23. The largest absolute Gasteiger partial charge is 0.335 e. The van der Waals surface area contributed by atoms with E-state index in [1.807, 2.05) is 18.2 Å². The fourth-order valence-corrected chi connectivity index (χ4v) is 2.77. The Kier molecular flexibility index (Phi) is 2.40. The predicted octanol–water partition coefficient (Wildman–Crippen LogP) is 1.67. The average molecular weight is 216 g/mol. The van der Waals surface area contributed by atoms with Gasteiger partial charge in [0.25, 0.3) is 0 Å². The molecule has 0 saturated carbocycles. The Bertz CT molecular complexity index is 390. The van der Waals surface area contributed by atoms with Gasteiger partial charge in [-0.1, -0.05) is 36.8 Å². The number of fused-ring (bicyclic) bond motifs is 1. The topological polar surface area (TPSA) is 32.3 Å². The number of piperidine rings is 1. The Morgan fingerprint density at radius 3 is 2.81 bits per heavy atom. The monoisotopic (exact) mass is 216 g/mol. The van der Waals surface area contributed by atoms with Gasteiger partial charge < -0.3 is 5.32 Å². The second kappa shape index (κ2) is 3.91. The molecule has 0 bridgehead atoms. The van der Waals surface area contributed by atoms with Crippen LogP contribution in [0, 0.1) is 0 Å². The van der Waals surface area contributed by atoms with Crippen LogP contribution in [0.1, 0.15) is 31.0 Å². The number of rotatable bonds is 1. The van der Waals surface area contributed by atoms with E-state index in [4.69, 9.17) is 0 Å². The van der Waals surface area contributed by atoms with E-state index >= 15 is 0 Å². The van der Waals surface area contributed by atoms with Crippen molar-refractivity contribution in [1.82, 2.24) is 10.2 Å². The maximum absolute atomic E-state index is 11.8. The molecule has 2 aliphatic heterocycles. The molecule has 1 amide bonds. The van der Waals surface area contributed by atoms with Gasteiger partial charge in [0, 0.05) is 6.54 Å². The van der Waals surface area contributed by atoms with Gasteiger partial charge in [-0.05, 0) is 18.4 Å². The van der Waals surface area contributed by atoms with Crippen molar-refractivity contribution in [2.45, 2.75) is 31.5 Å². The smallest absolute Gasteiger partial charge is 0.238 e. The molecule has 2 atom stereocenters. The van der Waals surface area contributed by atoms with Crippen LogP contribution in [0.4, 0.5) is 0 Å². The molecule has 0 radical (unpaired) electrons. The van der Waals surface area contributed by atoms with Crippen molar-refractivity contribution in [3.63, 3.8) is 0 Å². The van der Waals surface area contributed by atoms with Crippen molar-refractivity contribution in [2.75, 3.05) is 6.54 Å². The highest BCUT2D eigenvalue weighted by Gasteiger charge is 2.41. The maximum atomic E-state index is 11.8. The lowest BCUT2D eigenvalue weighted by Gasteiger charge is -2.31. The van der Waals surface area contributed by atoms with Gasteiger partial charge in [-0.25, -0.2) is 0 Å². The van der Waals surface area contributed by atoms with Gasteiger partial charge in [0.05, 0.1) is 6.04 Å². The molecule has 2 saturated heterocycles. The highest BCUT2D eigenvalue weighted by Crippen LogP contribution is 2.31. The molecule has 84 valence electrons. The van der Waals surface area contributed by atoms with Crippen LogP contribution in [0.2, 0.25) is 0 Å². The summed E-state index contributed by atoms with van der Waals surface area (Å²) in [6.07, 6.45) is 3.49. The third-order valence-corrected chi connectivity index (χ3v) is 3.57. The lowest BCUT2D eigenvalue weighted by molar-refractivity contribution is -0.122. The summed E-state index contributed by atoms with van der Waals surface area (Å²) in [7, 11) is 0. The van der Waals surface area contributed by atoms with E-state index in [0.717, 1.165) is 13.0 Å². The summed E-state index contributed by atoms with van der Waals surface area (Å²) in [6.45, 7) is 1.03. The van der Waals surface area contributed by atoms with E-state index in [1.54, 1.807) is 0 Å². The number of hydrogen-bond acceptors (Lipinski definition) is 2. The molecule has 0 spiro atoms. The molecule has 2 aliphatic rings. The number of carbonyl (C=O) groups excluding carboxylic acids is 1. The minimum atomic E-state index is 0.0963. The first kappa shape index (κ1) is 9.85. The van der Waals surface area contributed by atoms with Gasteiger partial charge in [-0.3, -0.25) is 9.69 Å². The van der Waals surface area contributed by atoms with Crippen LogP contribution in [-0.2, 0) is 4.79 Å². The van der Waals surface area contributed by atoms with Crippen LogP contribution >= 0.6 is 0 Å². The number of benzene rings is 1. The van der Waals surface area contributed by atoms with Gasteiger partial charge in [0.2, 0.25) is 5.91 Å². The Morgan fingerprint density at radius 1 is 1.19 bits per heavy atom. The lowest BCUT2D eigenvalue weighted by atomic mass is 10.0. The second-order valence-corrected chi connectivity index (χ2v) is 4.57. The SMILES string of the molecule is O=C1NC(c2ccccc2)N2CCCCC12. The molecule has 2 heterocycles. The number of hydrogen-bond donors (Lipinski definition) is 1. The van der Waals surface area contributed by atoms with Crippen LogP contribution in [0.5, 0.6) is 0 Å². The van der Waals surface area contributed by atoms with E-state index in [-0.39, 0.29) is 18.1 Å². The Labute approximate surface area is 95.4 Å². The van der Waals surface area contributed by atoms with Crippen molar-refractivity contribution in [1.29, 1.82) is 0 Å². The van der Waals surface area contributed by atoms with E-state index < -0.39 is 0 Å². The number of nitrogens with one attached hydrogen (secondary N) is 1. The zero-order chi connectivity index (χ0) is 11.0. The highest BCUT2D eigenvalue weighted by molar-refractivity contribution is 5.84. The molecule has 1 aromatic carbocycles. The highest BCUT2D eigenvalue weighted by atomic mass is 16.2. The molecule has 3 nitrogen and oxygen atoms in total.